The van der Waals surface area contributed by atoms with Crippen LogP contribution in [0.5, 0.6) is 11.5 Å². The van der Waals surface area contributed by atoms with Crippen molar-refractivity contribution in [1.82, 2.24) is 0 Å². The van der Waals surface area contributed by atoms with E-state index in [4.69, 9.17) is 0 Å². The molecule has 5 rings (SSSR count). The van der Waals surface area contributed by atoms with E-state index in [1.54, 1.807) is 6.07 Å². The molecule has 0 heterocycles. The fourth-order valence-corrected chi connectivity index (χ4v) is 4.23. The van der Waals surface area contributed by atoms with E-state index in [1.807, 2.05) is 84.9 Å². The monoisotopic (exact) mass is 423 g/mol. The van der Waals surface area contributed by atoms with Crippen LogP contribution in [0, 0.1) is 0 Å². The van der Waals surface area contributed by atoms with Crippen molar-refractivity contribution in [2.45, 2.75) is 11.4 Å². The summed E-state index contributed by atoms with van der Waals surface area (Å²) in [6.45, 7) is 0.446. The van der Waals surface area contributed by atoms with Crippen LogP contribution in [0.3, 0.4) is 0 Å². The molecule has 152 valence electrons. The minimum absolute atomic E-state index is 0.147. The van der Waals surface area contributed by atoms with Gasteiger partial charge in [0.25, 0.3) is 0 Å². The van der Waals surface area contributed by atoms with Crippen molar-refractivity contribution < 1.29 is 10.2 Å². The molecule has 0 spiro atoms. The Kier molecular flexibility index (Phi) is 4.92. The summed E-state index contributed by atoms with van der Waals surface area (Å²) in [5.41, 5.74) is 3.00. The number of thiol groups is 1. The van der Waals surface area contributed by atoms with Crippen molar-refractivity contribution in [3.05, 3.63) is 96.6 Å². The first-order valence-electron chi connectivity index (χ1n) is 10.1. The molecule has 5 aromatic rings. The summed E-state index contributed by atoms with van der Waals surface area (Å²) in [7, 11) is 0. The molecule has 0 aromatic heterocycles. The number of benzene rings is 5. The van der Waals surface area contributed by atoms with Gasteiger partial charge in [0, 0.05) is 33.8 Å². The van der Waals surface area contributed by atoms with E-state index in [0.717, 1.165) is 37.7 Å². The summed E-state index contributed by atoms with van der Waals surface area (Å²) in [5, 5.41) is 29.4. The lowest BCUT2D eigenvalue weighted by Gasteiger charge is -2.17. The number of fused-ring (bicyclic) bond motifs is 2. The normalized spacial score (nSPS) is 11.1. The highest BCUT2D eigenvalue weighted by Crippen LogP contribution is 2.46. The van der Waals surface area contributed by atoms with Crippen molar-refractivity contribution >= 4 is 39.9 Å². The standard InChI is InChI=1S/C27H21NO2S/c29-24-14-9-17-5-1-3-7-22(17)25(24)26-23-8-4-2-6-18(23)15-19(27(26)30)16-28-20-10-12-21(31)13-11-20/h1-15,28-31H,16H2. The van der Waals surface area contributed by atoms with Crippen LogP contribution in [0.4, 0.5) is 5.69 Å². The van der Waals surface area contributed by atoms with Gasteiger partial charge in [-0.2, -0.15) is 0 Å². The molecular weight excluding hydrogens is 402 g/mol. The molecule has 0 amide bonds. The Balaban J connectivity index is 1.71. The van der Waals surface area contributed by atoms with Gasteiger partial charge in [0.05, 0.1) is 0 Å². The minimum atomic E-state index is 0.147. The van der Waals surface area contributed by atoms with E-state index in [1.165, 1.54) is 0 Å². The Morgan fingerprint density at radius 1 is 0.677 bits per heavy atom. The number of phenols is 2. The van der Waals surface area contributed by atoms with Gasteiger partial charge in [0.2, 0.25) is 0 Å². The largest absolute Gasteiger partial charge is 0.507 e. The van der Waals surface area contributed by atoms with Crippen molar-refractivity contribution in [3.63, 3.8) is 0 Å². The highest BCUT2D eigenvalue weighted by atomic mass is 32.1. The first kappa shape index (κ1) is 19.3. The van der Waals surface area contributed by atoms with Crippen molar-refractivity contribution in [2.75, 3.05) is 5.32 Å². The van der Waals surface area contributed by atoms with Gasteiger partial charge in [0.1, 0.15) is 11.5 Å². The maximum Gasteiger partial charge on any atom is 0.129 e. The average molecular weight is 424 g/mol. The quantitative estimate of drug-likeness (QED) is 0.236. The van der Waals surface area contributed by atoms with E-state index >= 15 is 0 Å². The molecule has 3 N–H and O–H groups in total. The number of anilines is 1. The highest BCUT2D eigenvalue weighted by Gasteiger charge is 2.19. The zero-order valence-corrected chi connectivity index (χ0v) is 17.6. The molecule has 0 saturated carbocycles. The molecule has 0 saturated heterocycles. The highest BCUT2D eigenvalue weighted by molar-refractivity contribution is 7.80. The molecule has 0 aliphatic heterocycles. The van der Waals surface area contributed by atoms with Gasteiger partial charge in [-0.25, -0.2) is 0 Å². The van der Waals surface area contributed by atoms with Crippen LogP contribution in [0.2, 0.25) is 0 Å². The first-order valence-corrected chi connectivity index (χ1v) is 10.5. The Morgan fingerprint density at radius 3 is 2.06 bits per heavy atom. The molecule has 0 unspecified atom stereocenters. The molecule has 0 bridgehead atoms. The lowest BCUT2D eigenvalue weighted by atomic mass is 9.90. The van der Waals surface area contributed by atoms with Crippen LogP contribution in [-0.2, 0) is 6.54 Å². The smallest absolute Gasteiger partial charge is 0.129 e. The summed E-state index contributed by atoms with van der Waals surface area (Å²) in [5.74, 6) is 0.317. The van der Waals surface area contributed by atoms with E-state index in [0.29, 0.717) is 17.7 Å². The van der Waals surface area contributed by atoms with E-state index in [2.05, 4.69) is 17.9 Å². The molecule has 0 fully saturated rings. The second-order valence-corrected chi connectivity index (χ2v) is 8.08. The maximum atomic E-state index is 11.4. The molecule has 31 heavy (non-hydrogen) atoms. The summed E-state index contributed by atoms with van der Waals surface area (Å²) >= 11 is 4.33. The fourth-order valence-electron chi connectivity index (χ4n) is 4.08. The third kappa shape index (κ3) is 3.56. The van der Waals surface area contributed by atoms with Gasteiger partial charge in [-0.05, 0) is 57.9 Å². The molecule has 0 aliphatic rings. The predicted molar refractivity (Wildman–Crippen MR) is 131 cm³/mol. The summed E-state index contributed by atoms with van der Waals surface area (Å²) in [4.78, 5) is 0.896. The summed E-state index contributed by atoms with van der Waals surface area (Å²) < 4.78 is 0. The van der Waals surface area contributed by atoms with Crippen molar-refractivity contribution in [3.8, 4) is 22.6 Å². The Morgan fingerprint density at radius 2 is 1.32 bits per heavy atom. The summed E-state index contributed by atoms with van der Waals surface area (Å²) in [6.07, 6.45) is 0. The van der Waals surface area contributed by atoms with Gasteiger partial charge < -0.3 is 15.5 Å². The van der Waals surface area contributed by atoms with E-state index in [-0.39, 0.29) is 11.5 Å². The van der Waals surface area contributed by atoms with Crippen LogP contribution in [0.1, 0.15) is 5.56 Å². The molecule has 0 aliphatic carbocycles. The van der Waals surface area contributed by atoms with Gasteiger partial charge in [0.15, 0.2) is 0 Å². The predicted octanol–water partition coefficient (Wildman–Crippen LogP) is 6.97. The SMILES string of the molecule is Oc1ccc2ccccc2c1-c1c(O)c(CNc2ccc(S)cc2)cc2ccccc12. The second kappa shape index (κ2) is 7.89. The first-order chi connectivity index (χ1) is 15.1. The topological polar surface area (TPSA) is 52.5 Å². The zero-order chi connectivity index (χ0) is 21.4. The van der Waals surface area contributed by atoms with Crippen LogP contribution >= 0.6 is 12.6 Å². The van der Waals surface area contributed by atoms with Gasteiger partial charge in [-0.3, -0.25) is 0 Å². The molecule has 5 aromatic carbocycles. The number of nitrogens with one attached hydrogen (secondary N) is 1. The van der Waals surface area contributed by atoms with Crippen molar-refractivity contribution in [1.29, 1.82) is 0 Å². The van der Waals surface area contributed by atoms with Gasteiger partial charge in [-0.1, -0.05) is 54.6 Å². The van der Waals surface area contributed by atoms with E-state index < -0.39 is 0 Å². The molecule has 0 atom stereocenters. The average Bonchev–Trinajstić information content (AvgIpc) is 2.79. The van der Waals surface area contributed by atoms with Gasteiger partial charge in [-0.15, -0.1) is 12.6 Å². The van der Waals surface area contributed by atoms with Crippen LogP contribution in [0.25, 0.3) is 32.7 Å². The number of aromatic hydroxyl groups is 2. The molecule has 0 radical (unpaired) electrons. The minimum Gasteiger partial charge on any atom is -0.507 e. The third-order valence-corrected chi connectivity index (χ3v) is 5.91. The zero-order valence-electron chi connectivity index (χ0n) is 16.7. The van der Waals surface area contributed by atoms with Crippen LogP contribution < -0.4 is 5.32 Å². The fraction of sp³-hybridized carbons (Fsp3) is 0.0370. The maximum absolute atomic E-state index is 11.4. The van der Waals surface area contributed by atoms with Crippen LogP contribution in [-0.4, -0.2) is 10.2 Å². The third-order valence-electron chi connectivity index (χ3n) is 5.61. The Bertz CT molecular complexity index is 1410. The Hall–Kier alpha value is -3.63. The van der Waals surface area contributed by atoms with E-state index in [9.17, 15) is 10.2 Å². The number of hydrogen-bond acceptors (Lipinski definition) is 4. The lowest BCUT2D eigenvalue weighted by molar-refractivity contribution is 0.466. The Labute approximate surface area is 186 Å². The summed E-state index contributed by atoms with van der Waals surface area (Å²) in [6, 6.07) is 29.2. The molecule has 4 heteroatoms. The molecular formula is C27H21NO2S. The van der Waals surface area contributed by atoms with Gasteiger partial charge >= 0.3 is 0 Å². The van der Waals surface area contributed by atoms with Crippen LogP contribution in [0.15, 0.2) is 95.9 Å². The molecule has 3 nitrogen and oxygen atoms in total. The lowest BCUT2D eigenvalue weighted by Crippen LogP contribution is -2.01. The number of rotatable bonds is 4. The second-order valence-electron chi connectivity index (χ2n) is 7.56. The number of hydrogen-bond donors (Lipinski definition) is 4. The number of phenolic OH excluding ortho intramolecular Hbond substituents is 2. The van der Waals surface area contributed by atoms with Crippen molar-refractivity contribution in [2.24, 2.45) is 0 Å².